The number of carbonyl (C=O) groups is 2. The molecule has 0 atom stereocenters. The van der Waals surface area contributed by atoms with Crippen LogP contribution in [-0.4, -0.2) is 41.6 Å². The molecule has 1 saturated heterocycles. The van der Waals surface area contributed by atoms with Crippen molar-refractivity contribution in [2.45, 2.75) is 12.8 Å². The minimum Gasteiger partial charge on any atom is -0.493 e. The Morgan fingerprint density at radius 3 is 2.42 bits per heavy atom. The largest absolute Gasteiger partial charge is 0.493 e. The minimum atomic E-state index is -0.863. The number of hydrogen-bond acceptors (Lipinski definition) is 3. The van der Waals surface area contributed by atoms with Crippen LogP contribution in [0.15, 0.2) is 48.5 Å². The van der Waals surface area contributed by atoms with Gasteiger partial charge in [-0.15, -0.1) is 0 Å². The number of carboxylic acid groups (broad SMARTS) is 1. The van der Waals surface area contributed by atoms with Crippen LogP contribution >= 0.6 is 11.6 Å². The molecule has 26 heavy (non-hydrogen) atoms. The van der Waals surface area contributed by atoms with E-state index in [1.54, 1.807) is 42.5 Å². The fourth-order valence-electron chi connectivity index (χ4n) is 3.00. The summed E-state index contributed by atoms with van der Waals surface area (Å²) >= 11 is 5.86. The maximum Gasteiger partial charge on any atom is 0.407 e. The number of amides is 1. The summed E-state index contributed by atoms with van der Waals surface area (Å²) in [6, 6.07) is 13.9. The SMILES string of the molecule is O=C(c1ccc(Cl)cc1)c1cccc(OCC2CCN(C(=O)O)CC2)c1. The van der Waals surface area contributed by atoms with Crippen LogP contribution in [0.25, 0.3) is 0 Å². The summed E-state index contributed by atoms with van der Waals surface area (Å²) in [4.78, 5) is 24.9. The van der Waals surface area contributed by atoms with E-state index in [0.29, 0.717) is 47.5 Å². The number of piperidine rings is 1. The molecule has 0 saturated carbocycles. The van der Waals surface area contributed by atoms with Gasteiger partial charge in [-0.1, -0.05) is 23.7 Å². The van der Waals surface area contributed by atoms with Crippen molar-refractivity contribution in [3.05, 3.63) is 64.7 Å². The monoisotopic (exact) mass is 373 g/mol. The molecule has 1 aliphatic heterocycles. The van der Waals surface area contributed by atoms with Crippen molar-refractivity contribution in [1.82, 2.24) is 4.90 Å². The zero-order chi connectivity index (χ0) is 18.5. The number of likely N-dealkylation sites (tertiary alicyclic amines) is 1. The molecule has 0 spiro atoms. The maximum atomic E-state index is 12.6. The number of benzene rings is 2. The smallest absolute Gasteiger partial charge is 0.407 e. The molecule has 6 heteroatoms. The second-order valence-electron chi connectivity index (χ2n) is 6.39. The van der Waals surface area contributed by atoms with E-state index in [1.165, 1.54) is 4.90 Å². The first-order valence-corrected chi connectivity index (χ1v) is 8.92. The third kappa shape index (κ3) is 4.55. The van der Waals surface area contributed by atoms with E-state index < -0.39 is 6.09 Å². The van der Waals surface area contributed by atoms with Crippen molar-refractivity contribution >= 4 is 23.5 Å². The number of halogens is 1. The third-order valence-corrected chi connectivity index (χ3v) is 4.83. The molecule has 3 rings (SSSR count). The summed E-state index contributed by atoms with van der Waals surface area (Å²) in [5, 5.41) is 9.57. The van der Waals surface area contributed by atoms with Crippen LogP contribution in [0.3, 0.4) is 0 Å². The van der Waals surface area contributed by atoms with E-state index in [2.05, 4.69) is 0 Å². The predicted molar refractivity (Wildman–Crippen MR) is 99.1 cm³/mol. The van der Waals surface area contributed by atoms with E-state index >= 15 is 0 Å². The molecule has 0 radical (unpaired) electrons. The van der Waals surface area contributed by atoms with Gasteiger partial charge in [0.05, 0.1) is 6.61 Å². The highest BCUT2D eigenvalue weighted by atomic mass is 35.5. The highest BCUT2D eigenvalue weighted by Crippen LogP contribution is 2.22. The number of nitrogens with zero attached hydrogens (tertiary/aromatic N) is 1. The van der Waals surface area contributed by atoms with Gasteiger partial charge < -0.3 is 14.7 Å². The Balaban J connectivity index is 1.58. The summed E-state index contributed by atoms with van der Waals surface area (Å²) in [6.45, 7) is 1.60. The van der Waals surface area contributed by atoms with Crippen molar-refractivity contribution in [3.63, 3.8) is 0 Å². The lowest BCUT2D eigenvalue weighted by Gasteiger charge is -2.29. The lowest BCUT2D eigenvalue weighted by atomic mass is 9.98. The zero-order valence-corrected chi connectivity index (χ0v) is 15.0. The summed E-state index contributed by atoms with van der Waals surface area (Å²) in [7, 11) is 0. The standard InChI is InChI=1S/C20H20ClNO4/c21-17-6-4-15(5-7-17)19(23)16-2-1-3-18(12-16)26-13-14-8-10-22(11-9-14)20(24)25/h1-7,12,14H,8-11,13H2,(H,24,25). The van der Waals surface area contributed by atoms with E-state index in [1.807, 2.05) is 6.07 Å². The number of ether oxygens (including phenoxy) is 1. The first-order valence-electron chi connectivity index (χ1n) is 8.54. The lowest BCUT2D eigenvalue weighted by molar-refractivity contribution is 0.103. The Labute approximate surface area is 157 Å². The first kappa shape index (κ1) is 18.3. The van der Waals surface area contributed by atoms with Gasteiger partial charge in [0, 0.05) is 29.2 Å². The highest BCUT2D eigenvalue weighted by Gasteiger charge is 2.22. The van der Waals surface area contributed by atoms with Gasteiger partial charge in [0.1, 0.15) is 5.75 Å². The molecular formula is C20H20ClNO4. The van der Waals surface area contributed by atoms with Crippen LogP contribution in [0.4, 0.5) is 4.79 Å². The van der Waals surface area contributed by atoms with Crippen LogP contribution in [0, 0.1) is 5.92 Å². The molecule has 1 N–H and O–H groups in total. The molecular weight excluding hydrogens is 354 g/mol. The summed E-state index contributed by atoms with van der Waals surface area (Å²) in [5.74, 6) is 0.883. The van der Waals surface area contributed by atoms with Crippen LogP contribution in [-0.2, 0) is 0 Å². The molecule has 0 aliphatic carbocycles. The Morgan fingerprint density at radius 1 is 1.08 bits per heavy atom. The van der Waals surface area contributed by atoms with Crippen molar-refractivity contribution in [2.24, 2.45) is 5.92 Å². The normalized spacial score (nSPS) is 14.9. The topological polar surface area (TPSA) is 66.8 Å². The predicted octanol–water partition coefficient (Wildman–Crippen LogP) is 4.34. The lowest BCUT2D eigenvalue weighted by Crippen LogP contribution is -2.38. The van der Waals surface area contributed by atoms with E-state index in [-0.39, 0.29) is 5.78 Å². The van der Waals surface area contributed by atoms with E-state index in [4.69, 9.17) is 21.4 Å². The molecule has 0 aromatic heterocycles. The molecule has 5 nitrogen and oxygen atoms in total. The zero-order valence-electron chi connectivity index (χ0n) is 14.2. The van der Waals surface area contributed by atoms with Crippen LogP contribution in [0.5, 0.6) is 5.75 Å². The molecule has 136 valence electrons. The van der Waals surface area contributed by atoms with Gasteiger partial charge in [0.2, 0.25) is 0 Å². The van der Waals surface area contributed by atoms with Crippen molar-refractivity contribution in [3.8, 4) is 5.75 Å². The molecule has 1 heterocycles. The second kappa shape index (κ2) is 8.23. The minimum absolute atomic E-state index is 0.0816. The van der Waals surface area contributed by atoms with Gasteiger partial charge in [-0.25, -0.2) is 4.79 Å². The van der Waals surface area contributed by atoms with Crippen molar-refractivity contribution < 1.29 is 19.4 Å². The summed E-state index contributed by atoms with van der Waals surface area (Å²) < 4.78 is 5.85. The second-order valence-corrected chi connectivity index (χ2v) is 6.82. The van der Waals surface area contributed by atoms with E-state index in [9.17, 15) is 9.59 Å². The fourth-order valence-corrected chi connectivity index (χ4v) is 3.13. The third-order valence-electron chi connectivity index (χ3n) is 4.57. The Kier molecular flexibility index (Phi) is 5.78. The molecule has 2 aromatic rings. The Hall–Kier alpha value is -2.53. The molecule has 1 aliphatic rings. The molecule has 0 unspecified atom stereocenters. The highest BCUT2D eigenvalue weighted by molar-refractivity contribution is 6.30. The van der Waals surface area contributed by atoms with E-state index in [0.717, 1.165) is 12.8 Å². The van der Waals surface area contributed by atoms with Gasteiger partial charge >= 0.3 is 6.09 Å². The fraction of sp³-hybridized carbons (Fsp3) is 0.300. The number of carbonyl (C=O) groups excluding carboxylic acids is 1. The van der Waals surface area contributed by atoms with Crippen LogP contribution in [0.1, 0.15) is 28.8 Å². The van der Waals surface area contributed by atoms with Crippen LogP contribution in [0.2, 0.25) is 5.02 Å². The summed E-state index contributed by atoms with van der Waals surface area (Å²) in [6.07, 6.45) is 0.712. The summed E-state index contributed by atoms with van der Waals surface area (Å²) in [5.41, 5.74) is 1.14. The maximum absolute atomic E-state index is 12.6. The average Bonchev–Trinajstić information content (AvgIpc) is 2.67. The van der Waals surface area contributed by atoms with Crippen molar-refractivity contribution in [2.75, 3.05) is 19.7 Å². The first-order chi connectivity index (χ1) is 12.5. The van der Waals surface area contributed by atoms with Gasteiger partial charge in [-0.05, 0) is 55.2 Å². The quantitative estimate of drug-likeness (QED) is 0.791. The number of rotatable bonds is 5. The molecule has 1 fully saturated rings. The number of hydrogen-bond donors (Lipinski definition) is 1. The van der Waals surface area contributed by atoms with Gasteiger partial charge in [0.15, 0.2) is 5.78 Å². The van der Waals surface area contributed by atoms with Gasteiger partial charge in [-0.3, -0.25) is 4.79 Å². The molecule has 2 aromatic carbocycles. The van der Waals surface area contributed by atoms with Crippen molar-refractivity contribution in [1.29, 1.82) is 0 Å². The van der Waals surface area contributed by atoms with Crippen LogP contribution < -0.4 is 4.74 Å². The molecule has 0 bridgehead atoms. The molecule has 1 amide bonds. The number of ketones is 1. The van der Waals surface area contributed by atoms with Gasteiger partial charge in [0.25, 0.3) is 0 Å². The average molecular weight is 374 g/mol. The Bertz CT molecular complexity index is 783. The Morgan fingerprint density at radius 2 is 1.77 bits per heavy atom. The van der Waals surface area contributed by atoms with Gasteiger partial charge in [-0.2, -0.15) is 0 Å².